The van der Waals surface area contributed by atoms with Gasteiger partial charge in [0.2, 0.25) is 17.7 Å². The molecular weight excluding hydrogens is 214 g/mol. The summed E-state index contributed by atoms with van der Waals surface area (Å²) < 4.78 is 0. The molecule has 7 nitrogen and oxygen atoms in total. The topological polar surface area (TPSA) is 86.8 Å². The van der Waals surface area contributed by atoms with E-state index in [4.69, 9.17) is 0 Å². The summed E-state index contributed by atoms with van der Waals surface area (Å²) in [5.74, 6) is -1.36. The third-order valence-corrected chi connectivity index (χ3v) is 2.15. The second-order valence-corrected chi connectivity index (χ2v) is 3.61. The lowest BCUT2D eigenvalue weighted by Gasteiger charge is -2.24. The molecule has 7 heteroatoms. The fraction of sp³-hybridized carbons (Fsp3) is 0.556. The molecule has 0 saturated carbocycles. The van der Waals surface area contributed by atoms with E-state index in [0.29, 0.717) is 0 Å². The van der Waals surface area contributed by atoms with Crippen molar-refractivity contribution in [3.8, 4) is 0 Å². The molecule has 0 bridgehead atoms. The number of rotatable bonds is 3. The normalized spacial score (nSPS) is 16.1. The lowest BCUT2D eigenvalue weighted by atomic mass is 10.2. The smallest absolute Gasteiger partial charge is 0.330 e. The molecule has 5 amide bonds. The number of nitrogens with one attached hydrogen (secondary N) is 1. The van der Waals surface area contributed by atoms with Gasteiger partial charge in [0.15, 0.2) is 0 Å². The Morgan fingerprint density at radius 3 is 2.50 bits per heavy atom. The van der Waals surface area contributed by atoms with Crippen molar-refractivity contribution in [3.63, 3.8) is 0 Å². The summed E-state index contributed by atoms with van der Waals surface area (Å²) in [6.45, 7) is -0.00500. The molecule has 0 aromatic carbocycles. The summed E-state index contributed by atoms with van der Waals surface area (Å²) in [5, 5.41) is 2.02. The van der Waals surface area contributed by atoms with E-state index in [-0.39, 0.29) is 25.3 Å². The second kappa shape index (κ2) is 4.73. The first kappa shape index (κ1) is 12.2. The summed E-state index contributed by atoms with van der Waals surface area (Å²) in [6.07, 6.45) is -0.289. The Bertz CT molecular complexity index is 331. The number of imide groups is 2. The predicted octanol–water partition coefficient (Wildman–Crippen LogP) is -1.07. The van der Waals surface area contributed by atoms with Gasteiger partial charge in [0.05, 0.1) is 0 Å². The van der Waals surface area contributed by atoms with Gasteiger partial charge in [0, 0.05) is 27.1 Å². The van der Waals surface area contributed by atoms with Crippen LogP contribution in [0.1, 0.15) is 12.8 Å². The van der Waals surface area contributed by atoms with Crippen molar-refractivity contribution in [2.75, 3.05) is 20.6 Å². The first-order valence-electron chi connectivity index (χ1n) is 4.76. The Morgan fingerprint density at radius 1 is 1.38 bits per heavy atom. The minimum atomic E-state index is -0.757. The zero-order valence-corrected chi connectivity index (χ0v) is 9.15. The molecule has 1 heterocycles. The van der Waals surface area contributed by atoms with E-state index >= 15 is 0 Å². The highest BCUT2D eigenvalue weighted by atomic mass is 16.2. The standard InChI is InChI=1S/C9H13N3O4/c1-11(2)7(14)3-4-12-8(15)5-6(13)10-9(12)16/h3-5H2,1-2H3,(H,10,13,16). The molecule has 0 aliphatic carbocycles. The quantitative estimate of drug-likeness (QED) is 0.622. The Kier molecular flexibility index (Phi) is 3.60. The molecule has 1 saturated heterocycles. The highest BCUT2D eigenvalue weighted by molar-refractivity contribution is 6.14. The van der Waals surface area contributed by atoms with Crippen LogP contribution in [0.3, 0.4) is 0 Å². The van der Waals surface area contributed by atoms with E-state index in [9.17, 15) is 19.2 Å². The molecule has 0 atom stereocenters. The highest BCUT2D eigenvalue weighted by Gasteiger charge is 2.30. The molecule has 88 valence electrons. The Labute approximate surface area is 92.4 Å². The lowest BCUT2D eigenvalue weighted by Crippen LogP contribution is -2.53. The average molecular weight is 227 g/mol. The summed E-state index contributed by atoms with van der Waals surface area (Å²) in [6, 6.07) is -0.757. The first-order chi connectivity index (χ1) is 7.41. The van der Waals surface area contributed by atoms with Crippen LogP contribution in [0.4, 0.5) is 4.79 Å². The molecule has 1 fully saturated rings. The van der Waals surface area contributed by atoms with Gasteiger partial charge in [-0.25, -0.2) is 4.79 Å². The van der Waals surface area contributed by atoms with Crippen LogP contribution in [0.15, 0.2) is 0 Å². The predicted molar refractivity (Wildman–Crippen MR) is 53.2 cm³/mol. The Balaban J connectivity index is 2.54. The largest absolute Gasteiger partial charge is 0.349 e. The number of carbonyl (C=O) groups is 4. The van der Waals surface area contributed by atoms with Crippen LogP contribution in [0.25, 0.3) is 0 Å². The van der Waals surface area contributed by atoms with Gasteiger partial charge >= 0.3 is 6.03 Å². The van der Waals surface area contributed by atoms with Crippen molar-refractivity contribution in [1.29, 1.82) is 0 Å². The van der Waals surface area contributed by atoms with Crippen molar-refractivity contribution in [3.05, 3.63) is 0 Å². The van der Waals surface area contributed by atoms with Crippen LogP contribution in [0.5, 0.6) is 0 Å². The molecule has 1 aliphatic rings. The third-order valence-electron chi connectivity index (χ3n) is 2.15. The van der Waals surface area contributed by atoms with Crippen molar-refractivity contribution < 1.29 is 19.2 Å². The number of hydrogen-bond acceptors (Lipinski definition) is 4. The van der Waals surface area contributed by atoms with E-state index < -0.39 is 17.8 Å². The lowest BCUT2D eigenvalue weighted by molar-refractivity contribution is -0.136. The van der Waals surface area contributed by atoms with Gasteiger partial charge in [-0.05, 0) is 0 Å². The maximum Gasteiger partial charge on any atom is 0.330 e. The van der Waals surface area contributed by atoms with E-state index in [0.717, 1.165) is 4.90 Å². The Morgan fingerprint density at radius 2 is 2.00 bits per heavy atom. The minimum Gasteiger partial charge on any atom is -0.349 e. The molecule has 0 radical (unpaired) electrons. The van der Waals surface area contributed by atoms with Gasteiger partial charge in [0.1, 0.15) is 6.42 Å². The van der Waals surface area contributed by atoms with Crippen LogP contribution in [-0.4, -0.2) is 54.2 Å². The number of nitrogens with zero attached hydrogens (tertiary/aromatic N) is 2. The fourth-order valence-corrected chi connectivity index (χ4v) is 1.23. The summed E-state index contributed by atoms with van der Waals surface area (Å²) in [7, 11) is 3.17. The SMILES string of the molecule is CN(C)C(=O)CCN1C(=O)CC(=O)NC1=O. The van der Waals surface area contributed by atoms with Gasteiger partial charge in [-0.3, -0.25) is 24.6 Å². The first-order valence-corrected chi connectivity index (χ1v) is 4.76. The van der Waals surface area contributed by atoms with E-state index in [1.54, 1.807) is 14.1 Å². The highest BCUT2D eigenvalue weighted by Crippen LogP contribution is 2.04. The minimum absolute atomic E-state index is 0.00500. The average Bonchev–Trinajstić information content (AvgIpc) is 2.15. The van der Waals surface area contributed by atoms with Crippen LogP contribution in [0, 0.1) is 0 Å². The molecule has 1 N–H and O–H groups in total. The summed E-state index contributed by atoms with van der Waals surface area (Å²) in [5.41, 5.74) is 0. The van der Waals surface area contributed by atoms with Gasteiger partial charge in [-0.15, -0.1) is 0 Å². The number of amides is 5. The molecule has 0 aromatic rings. The molecule has 0 unspecified atom stereocenters. The van der Waals surface area contributed by atoms with Crippen LogP contribution in [-0.2, 0) is 14.4 Å². The van der Waals surface area contributed by atoms with Gasteiger partial charge in [-0.1, -0.05) is 0 Å². The number of barbiturate groups is 1. The monoisotopic (exact) mass is 227 g/mol. The van der Waals surface area contributed by atoms with E-state index in [2.05, 4.69) is 0 Å². The zero-order chi connectivity index (χ0) is 12.3. The van der Waals surface area contributed by atoms with Gasteiger partial charge in [0.25, 0.3) is 0 Å². The van der Waals surface area contributed by atoms with Crippen LogP contribution < -0.4 is 5.32 Å². The number of urea groups is 1. The molecule has 16 heavy (non-hydrogen) atoms. The van der Waals surface area contributed by atoms with Crippen LogP contribution >= 0.6 is 0 Å². The maximum atomic E-state index is 11.3. The zero-order valence-electron chi connectivity index (χ0n) is 9.15. The molecule has 1 aliphatic heterocycles. The summed E-state index contributed by atoms with van der Waals surface area (Å²) in [4.78, 5) is 46.9. The fourth-order valence-electron chi connectivity index (χ4n) is 1.23. The Hall–Kier alpha value is -1.92. The van der Waals surface area contributed by atoms with Crippen LogP contribution in [0.2, 0.25) is 0 Å². The molecule has 0 aromatic heterocycles. The van der Waals surface area contributed by atoms with Crippen molar-refractivity contribution >= 4 is 23.8 Å². The second-order valence-electron chi connectivity index (χ2n) is 3.61. The van der Waals surface area contributed by atoms with Crippen molar-refractivity contribution in [2.45, 2.75) is 12.8 Å². The number of hydrogen-bond donors (Lipinski definition) is 1. The van der Waals surface area contributed by atoms with Gasteiger partial charge in [-0.2, -0.15) is 0 Å². The molecular formula is C9H13N3O4. The van der Waals surface area contributed by atoms with Gasteiger partial charge < -0.3 is 4.90 Å². The van der Waals surface area contributed by atoms with Crippen molar-refractivity contribution in [2.24, 2.45) is 0 Å². The third kappa shape index (κ3) is 2.78. The van der Waals surface area contributed by atoms with E-state index in [1.165, 1.54) is 4.90 Å². The van der Waals surface area contributed by atoms with E-state index in [1.807, 2.05) is 5.32 Å². The maximum absolute atomic E-state index is 11.3. The van der Waals surface area contributed by atoms with Crippen molar-refractivity contribution in [1.82, 2.24) is 15.1 Å². The number of carbonyl (C=O) groups excluding carboxylic acids is 4. The summed E-state index contributed by atoms with van der Waals surface area (Å²) >= 11 is 0. The molecule has 0 spiro atoms. The molecule has 1 rings (SSSR count).